The van der Waals surface area contributed by atoms with Gasteiger partial charge in [0.25, 0.3) is 0 Å². The topological polar surface area (TPSA) is 52.9 Å². The third-order valence-corrected chi connectivity index (χ3v) is 18.0. The van der Waals surface area contributed by atoms with Gasteiger partial charge in [0.05, 0.1) is 34.3 Å². The molecule has 3 heterocycles. The van der Waals surface area contributed by atoms with Crippen LogP contribution in [0.15, 0.2) is 291 Å². The Kier molecular flexibility index (Phi) is 13.7. The van der Waals surface area contributed by atoms with Crippen molar-refractivity contribution in [2.45, 2.75) is 27.7 Å². The summed E-state index contributed by atoms with van der Waals surface area (Å²) in [6, 6.07) is 105. The van der Waals surface area contributed by atoms with E-state index >= 15 is 0 Å². The quantitative estimate of drug-likeness (QED) is 0.121. The summed E-state index contributed by atoms with van der Waals surface area (Å²) in [5.74, 6) is 1.66. The van der Waals surface area contributed by atoms with Crippen molar-refractivity contribution in [3.63, 3.8) is 0 Å². The van der Waals surface area contributed by atoms with Gasteiger partial charge in [-0.05, 0) is 168 Å². The van der Waals surface area contributed by atoms with Gasteiger partial charge in [0, 0.05) is 49.5 Å². The van der Waals surface area contributed by atoms with E-state index in [1.54, 1.807) is 0 Å². The first-order valence-corrected chi connectivity index (χ1v) is 31.2. The third-order valence-electron chi connectivity index (χ3n) is 18.0. The SMILES string of the molecule is [C-]#[N+]c1ccccc1-c1ccc(-n2c3ccc(-c4cccc(C)c4)cc3c3cc(-c4cccc(C)c4)ccc32)c(-c2cc(-n3c4ccc(-c5cccc(C)c5)cc4c4cc(-c5cccc(C)c5)ccc43)ccc2-c2nc(-c3ccccc3)nc(-c3ccccc3)n2)c1. The maximum Gasteiger partial charge on any atom is 0.194 e. The molecule has 0 spiro atoms. The number of hydrogen-bond donors (Lipinski definition) is 0. The van der Waals surface area contributed by atoms with E-state index < -0.39 is 0 Å². The van der Waals surface area contributed by atoms with Gasteiger partial charge < -0.3 is 9.13 Å². The molecule has 0 aliphatic carbocycles. The number of hydrogen-bond acceptors (Lipinski definition) is 3. The van der Waals surface area contributed by atoms with Crippen LogP contribution in [0.5, 0.6) is 0 Å². The van der Waals surface area contributed by atoms with Gasteiger partial charge in [0.2, 0.25) is 0 Å². The fourth-order valence-electron chi connectivity index (χ4n) is 13.5. The molecule has 0 aliphatic heterocycles. The summed E-state index contributed by atoms with van der Waals surface area (Å²) < 4.78 is 4.87. The van der Waals surface area contributed by atoms with Crippen molar-refractivity contribution in [1.29, 1.82) is 0 Å². The second-order valence-corrected chi connectivity index (χ2v) is 24.2. The molecular weight excluding hydrogens is 1120 g/mol. The average molecular weight is 1180 g/mol. The number of rotatable bonds is 11. The largest absolute Gasteiger partial charge is 0.309 e. The standard InChI is InChI=1S/C86H60N6/c1-54-18-14-26-60(44-54)64-32-39-79-74(48-64)75-49-65(61-27-15-19-55(2)45-61)33-40-80(75)91(79)69-37-38-71(86-89-84(58-22-8-6-9-23-58)88-85(90-86)59-24-10-7-11-25-59)72(53-69)73-52-68(70-30-12-13-31-78(70)87-5)36-43-81(73)92-82-41-34-66(62-28-16-20-56(3)46-62)50-76(82)77-51-67(35-42-83(77)92)63-29-17-21-57(4)47-63/h6-53H,1-4H3. The van der Waals surface area contributed by atoms with Crippen molar-refractivity contribution in [3.05, 3.63) is 325 Å². The highest BCUT2D eigenvalue weighted by atomic mass is 15.0. The van der Waals surface area contributed by atoms with E-state index in [4.69, 9.17) is 21.5 Å². The lowest BCUT2D eigenvalue weighted by Gasteiger charge is -2.20. The van der Waals surface area contributed by atoms with Crippen LogP contribution in [0.25, 0.3) is 161 Å². The zero-order valence-electron chi connectivity index (χ0n) is 51.4. The molecule has 0 N–H and O–H groups in total. The zero-order valence-corrected chi connectivity index (χ0v) is 51.4. The van der Waals surface area contributed by atoms with Crippen molar-refractivity contribution in [2.75, 3.05) is 0 Å². The van der Waals surface area contributed by atoms with E-state index in [9.17, 15) is 0 Å². The van der Waals surface area contributed by atoms with E-state index in [1.165, 1.54) is 33.4 Å². The monoisotopic (exact) mass is 1180 g/mol. The Balaban J connectivity index is 1.02. The van der Waals surface area contributed by atoms with Crippen LogP contribution in [0, 0.1) is 34.3 Å². The van der Waals surface area contributed by atoms with E-state index in [0.29, 0.717) is 23.2 Å². The summed E-state index contributed by atoms with van der Waals surface area (Å²) in [7, 11) is 0. The molecule has 0 amide bonds. The van der Waals surface area contributed by atoms with Crippen LogP contribution in [0.1, 0.15) is 22.3 Å². The summed E-state index contributed by atoms with van der Waals surface area (Å²) in [4.78, 5) is 20.3. The molecule has 0 saturated heterocycles. The molecule has 3 aromatic heterocycles. The van der Waals surface area contributed by atoms with Gasteiger partial charge in [0.15, 0.2) is 23.2 Å². The maximum atomic E-state index is 8.48. The Morgan fingerprint density at radius 3 is 1.08 bits per heavy atom. The Morgan fingerprint density at radius 2 is 0.641 bits per heavy atom. The van der Waals surface area contributed by atoms with E-state index in [-0.39, 0.29) is 0 Å². The van der Waals surface area contributed by atoms with E-state index in [2.05, 4.69) is 278 Å². The highest BCUT2D eigenvalue weighted by Gasteiger charge is 2.25. The lowest BCUT2D eigenvalue weighted by atomic mass is 9.92. The predicted molar refractivity (Wildman–Crippen MR) is 383 cm³/mol. The Morgan fingerprint density at radius 1 is 0.261 bits per heavy atom. The molecule has 6 nitrogen and oxygen atoms in total. The number of aromatic nitrogens is 5. The average Bonchev–Trinajstić information content (AvgIpc) is 1.68. The van der Waals surface area contributed by atoms with Gasteiger partial charge in [-0.25, -0.2) is 19.8 Å². The normalized spacial score (nSPS) is 11.5. The third kappa shape index (κ3) is 9.99. The van der Waals surface area contributed by atoms with Crippen LogP contribution in [0.2, 0.25) is 0 Å². The van der Waals surface area contributed by atoms with Crippen LogP contribution in [0.4, 0.5) is 5.69 Å². The molecular formula is C86H60N6. The highest BCUT2D eigenvalue weighted by Crippen LogP contribution is 2.46. The minimum atomic E-state index is 0.526. The molecule has 0 aliphatic rings. The molecule has 0 bridgehead atoms. The number of fused-ring (bicyclic) bond motifs is 6. The van der Waals surface area contributed by atoms with Crippen molar-refractivity contribution >= 4 is 49.3 Å². The smallest absolute Gasteiger partial charge is 0.194 e. The zero-order chi connectivity index (χ0) is 62.0. The lowest BCUT2D eigenvalue weighted by Crippen LogP contribution is -2.04. The van der Waals surface area contributed by atoms with Gasteiger partial charge >= 0.3 is 0 Å². The van der Waals surface area contributed by atoms with Crippen molar-refractivity contribution < 1.29 is 0 Å². The van der Waals surface area contributed by atoms with Gasteiger partial charge in [-0.15, -0.1) is 0 Å². The molecule has 0 atom stereocenters. The van der Waals surface area contributed by atoms with Gasteiger partial charge in [-0.3, -0.25) is 0 Å². The molecule has 0 unspecified atom stereocenters. The minimum absolute atomic E-state index is 0.526. The number of aryl methyl sites for hydroxylation is 4. The lowest BCUT2D eigenvalue weighted by molar-refractivity contribution is 1.07. The Labute approximate surface area is 535 Å². The van der Waals surface area contributed by atoms with Gasteiger partial charge in [0.1, 0.15) is 0 Å². The molecule has 6 heteroatoms. The first-order chi connectivity index (χ1) is 45.2. The maximum absolute atomic E-state index is 8.48. The molecule has 16 aromatic rings. The van der Waals surface area contributed by atoms with Gasteiger partial charge in [-0.2, -0.15) is 0 Å². The summed E-state index contributed by atoms with van der Waals surface area (Å²) in [5.41, 5.74) is 27.0. The summed E-state index contributed by atoms with van der Waals surface area (Å²) in [6.45, 7) is 17.1. The fourth-order valence-corrected chi connectivity index (χ4v) is 13.5. The summed E-state index contributed by atoms with van der Waals surface area (Å²) >= 11 is 0. The molecule has 13 aromatic carbocycles. The van der Waals surface area contributed by atoms with Crippen molar-refractivity contribution in [2.24, 2.45) is 0 Å². The fraction of sp³-hybridized carbons (Fsp3) is 0.0465. The number of nitrogens with zero attached hydrogens (tertiary/aromatic N) is 6. The van der Waals surface area contributed by atoms with Crippen LogP contribution < -0.4 is 0 Å². The van der Waals surface area contributed by atoms with Crippen LogP contribution >= 0.6 is 0 Å². The number of para-hydroxylation sites is 1. The second-order valence-electron chi connectivity index (χ2n) is 24.2. The molecule has 92 heavy (non-hydrogen) atoms. The van der Waals surface area contributed by atoms with Crippen molar-refractivity contribution in [1.82, 2.24) is 24.1 Å². The van der Waals surface area contributed by atoms with Crippen LogP contribution in [0.3, 0.4) is 0 Å². The first-order valence-electron chi connectivity index (χ1n) is 31.2. The Bertz CT molecular complexity index is 5380. The number of benzene rings is 13. The Hall–Kier alpha value is -12.0. The molecule has 0 fully saturated rings. The van der Waals surface area contributed by atoms with Crippen LogP contribution in [-0.2, 0) is 0 Å². The summed E-state index contributed by atoms with van der Waals surface area (Å²) in [6.07, 6.45) is 0. The predicted octanol–water partition coefficient (Wildman–Crippen LogP) is 22.9. The van der Waals surface area contributed by atoms with E-state index in [1.807, 2.05) is 54.6 Å². The second kappa shape index (κ2) is 22.8. The summed E-state index contributed by atoms with van der Waals surface area (Å²) in [5, 5.41) is 4.56. The molecule has 434 valence electrons. The molecule has 0 saturated carbocycles. The minimum Gasteiger partial charge on any atom is -0.309 e. The molecule has 16 rings (SSSR count). The van der Waals surface area contributed by atoms with Crippen LogP contribution in [-0.4, -0.2) is 24.1 Å². The first kappa shape index (κ1) is 55.3. The van der Waals surface area contributed by atoms with E-state index in [0.717, 1.165) is 127 Å². The van der Waals surface area contributed by atoms with Crippen molar-refractivity contribution in [3.8, 4) is 112 Å². The molecule has 0 radical (unpaired) electrons. The van der Waals surface area contributed by atoms with Gasteiger partial charge in [-0.1, -0.05) is 235 Å². The highest BCUT2D eigenvalue weighted by molar-refractivity contribution is 6.14.